The molecule has 4 aromatic rings. The molecule has 1 atom stereocenters. The van der Waals surface area contributed by atoms with Crippen molar-refractivity contribution in [1.82, 2.24) is 20.3 Å². The van der Waals surface area contributed by atoms with E-state index in [2.05, 4.69) is 26.3 Å². The number of nitrogens with one attached hydrogen (secondary N) is 1. The summed E-state index contributed by atoms with van der Waals surface area (Å²) in [4.78, 5) is 26.1. The quantitative estimate of drug-likeness (QED) is 0.549. The third-order valence-corrected chi connectivity index (χ3v) is 5.47. The van der Waals surface area contributed by atoms with Crippen LogP contribution in [0.3, 0.4) is 0 Å². The maximum absolute atomic E-state index is 12.6. The smallest absolute Gasteiger partial charge is 0.270 e. The van der Waals surface area contributed by atoms with Gasteiger partial charge in [0, 0.05) is 23.6 Å². The number of hydrogen-bond acceptors (Lipinski definition) is 5. The molecule has 154 valence electrons. The van der Waals surface area contributed by atoms with Crippen LogP contribution in [0.4, 0.5) is 0 Å². The Hall–Kier alpha value is -3.80. The van der Waals surface area contributed by atoms with Crippen LogP contribution in [-0.2, 0) is 6.42 Å². The molecule has 0 aliphatic carbocycles. The lowest BCUT2D eigenvalue weighted by atomic mass is 10.0. The Kier molecular flexibility index (Phi) is 4.82. The summed E-state index contributed by atoms with van der Waals surface area (Å²) in [5, 5.41) is 3.97. The number of pyridine rings is 1. The highest BCUT2D eigenvalue weighted by Gasteiger charge is 2.24. The number of aromatic nitrogens is 3. The van der Waals surface area contributed by atoms with Crippen LogP contribution in [0.1, 0.15) is 27.4 Å². The lowest BCUT2D eigenvalue weighted by Crippen LogP contribution is -2.34. The molecule has 6 heteroatoms. The molecule has 6 nitrogen and oxygen atoms in total. The fraction of sp³-hybridized carbons (Fsp3) is 0.200. The molecule has 0 radical (unpaired) electrons. The molecule has 1 aliphatic heterocycles. The summed E-state index contributed by atoms with van der Waals surface area (Å²) in [5.41, 5.74) is 6.04. The maximum Gasteiger partial charge on any atom is 0.270 e. The van der Waals surface area contributed by atoms with Crippen LogP contribution in [0.15, 0.2) is 60.8 Å². The molecule has 1 N–H and O–H groups in total. The van der Waals surface area contributed by atoms with Crippen molar-refractivity contribution in [2.45, 2.75) is 26.4 Å². The first-order chi connectivity index (χ1) is 15.1. The fourth-order valence-corrected chi connectivity index (χ4v) is 3.88. The summed E-state index contributed by atoms with van der Waals surface area (Å²) in [7, 11) is 0. The zero-order valence-electron chi connectivity index (χ0n) is 17.4. The molecule has 5 rings (SSSR count). The number of rotatable bonds is 4. The monoisotopic (exact) mass is 410 g/mol. The van der Waals surface area contributed by atoms with Crippen LogP contribution >= 0.6 is 0 Å². The van der Waals surface area contributed by atoms with Gasteiger partial charge in [0.1, 0.15) is 17.5 Å². The van der Waals surface area contributed by atoms with Gasteiger partial charge in [0.2, 0.25) is 0 Å². The number of carbonyl (C=O) groups is 1. The van der Waals surface area contributed by atoms with Gasteiger partial charge >= 0.3 is 0 Å². The second kappa shape index (κ2) is 7.80. The van der Waals surface area contributed by atoms with Crippen molar-refractivity contribution in [1.29, 1.82) is 0 Å². The molecule has 31 heavy (non-hydrogen) atoms. The van der Waals surface area contributed by atoms with Crippen molar-refractivity contribution in [2.75, 3.05) is 6.54 Å². The highest BCUT2D eigenvalue weighted by Crippen LogP contribution is 2.33. The van der Waals surface area contributed by atoms with E-state index >= 15 is 0 Å². The number of para-hydroxylation sites is 1. The molecule has 1 unspecified atom stereocenters. The van der Waals surface area contributed by atoms with Gasteiger partial charge in [0.15, 0.2) is 0 Å². The van der Waals surface area contributed by atoms with Gasteiger partial charge in [-0.2, -0.15) is 0 Å². The first-order valence-electron chi connectivity index (χ1n) is 10.3. The number of fused-ring (bicyclic) bond motifs is 2. The SMILES string of the molecule is Cc1cnc(C)c(-c2ccc3c(c2)CC(CNC(=O)c2ccc4ccccc4n2)O3)n1. The summed E-state index contributed by atoms with van der Waals surface area (Å²) < 4.78 is 6.04. The number of hydrogen-bond donors (Lipinski definition) is 1. The van der Waals surface area contributed by atoms with Crippen LogP contribution in [0.25, 0.3) is 22.2 Å². The number of carbonyl (C=O) groups excluding carboxylic acids is 1. The van der Waals surface area contributed by atoms with E-state index in [9.17, 15) is 4.79 Å². The molecule has 1 amide bonds. The maximum atomic E-state index is 12.6. The van der Waals surface area contributed by atoms with Crippen molar-refractivity contribution in [3.05, 3.63) is 83.4 Å². The lowest BCUT2D eigenvalue weighted by molar-refractivity contribution is 0.0929. The Morgan fingerprint density at radius 1 is 1.10 bits per heavy atom. The van der Waals surface area contributed by atoms with E-state index in [0.29, 0.717) is 12.2 Å². The summed E-state index contributed by atoms with van der Waals surface area (Å²) >= 11 is 0. The zero-order valence-corrected chi connectivity index (χ0v) is 17.4. The molecule has 1 aliphatic rings. The van der Waals surface area contributed by atoms with Crippen LogP contribution in [-0.4, -0.2) is 33.5 Å². The Morgan fingerprint density at radius 3 is 2.87 bits per heavy atom. The number of benzene rings is 2. The number of aryl methyl sites for hydroxylation is 2. The molecular weight excluding hydrogens is 388 g/mol. The molecular formula is C25H22N4O2. The predicted octanol–water partition coefficient (Wildman–Crippen LogP) is 4.04. The summed E-state index contributed by atoms with van der Waals surface area (Å²) in [6, 6.07) is 17.5. The lowest BCUT2D eigenvalue weighted by Gasteiger charge is -2.12. The molecule has 0 bridgehead atoms. The average molecular weight is 410 g/mol. The van der Waals surface area contributed by atoms with Gasteiger partial charge in [-0.05, 0) is 49.7 Å². The van der Waals surface area contributed by atoms with Crippen molar-refractivity contribution in [3.8, 4) is 17.0 Å². The highest BCUT2D eigenvalue weighted by atomic mass is 16.5. The zero-order chi connectivity index (χ0) is 21.4. The summed E-state index contributed by atoms with van der Waals surface area (Å²) in [5.74, 6) is 0.654. The first kappa shape index (κ1) is 19.2. The molecule has 2 aromatic carbocycles. The Morgan fingerprint density at radius 2 is 1.97 bits per heavy atom. The normalized spacial score (nSPS) is 14.8. The fourth-order valence-electron chi connectivity index (χ4n) is 3.88. The van der Waals surface area contributed by atoms with Gasteiger partial charge in [0.05, 0.1) is 29.1 Å². The van der Waals surface area contributed by atoms with Crippen LogP contribution < -0.4 is 10.1 Å². The molecule has 0 saturated carbocycles. The van der Waals surface area contributed by atoms with E-state index < -0.39 is 0 Å². The standard InChI is InChI=1S/C25H22N4O2/c1-15-13-26-16(2)24(28-15)18-8-10-23-19(11-18)12-20(31-23)14-27-25(30)22-9-7-17-5-3-4-6-21(17)29-22/h3-11,13,20H,12,14H2,1-2H3,(H,27,30). The van der Waals surface area contributed by atoms with Gasteiger partial charge in [0.25, 0.3) is 5.91 Å². The van der Waals surface area contributed by atoms with Crippen molar-refractivity contribution < 1.29 is 9.53 Å². The molecule has 0 saturated heterocycles. The summed E-state index contributed by atoms with van der Waals surface area (Å²) in [6.07, 6.45) is 2.39. The van der Waals surface area contributed by atoms with Gasteiger partial charge in [-0.3, -0.25) is 9.78 Å². The van der Waals surface area contributed by atoms with Crippen LogP contribution in [0.5, 0.6) is 5.75 Å². The Bertz CT molecular complexity index is 1300. The number of nitrogens with zero attached hydrogens (tertiary/aromatic N) is 3. The predicted molar refractivity (Wildman–Crippen MR) is 119 cm³/mol. The average Bonchev–Trinajstić information content (AvgIpc) is 3.21. The highest BCUT2D eigenvalue weighted by molar-refractivity contribution is 5.94. The molecule has 2 aromatic heterocycles. The van der Waals surface area contributed by atoms with Gasteiger partial charge < -0.3 is 10.1 Å². The van der Waals surface area contributed by atoms with Gasteiger partial charge in [-0.15, -0.1) is 0 Å². The molecule has 0 fully saturated rings. The topological polar surface area (TPSA) is 77.0 Å². The summed E-state index contributed by atoms with van der Waals surface area (Å²) in [6.45, 7) is 4.32. The van der Waals surface area contributed by atoms with Crippen molar-refractivity contribution in [2.24, 2.45) is 0 Å². The second-order valence-electron chi connectivity index (χ2n) is 7.81. The van der Waals surface area contributed by atoms with E-state index in [-0.39, 0.29) is 12.0 Å². The van der Waals surface area contributed by atoms with Crippen LogP contribution in [0, 0.1) is 13.8 Å². The van der Waals surface area contributed by atoms with E-state index in [1.807, 2.05) is 56.3 Å². The van der Waals surface area contributed by atoms with E-state index in [1.54, 1.807) is 12.3 Å². The van der Waals surface area contributed by atoms with E-state index in [0.717, 1.165) is 51.3 Å². The molecule has 3 heterocycles. The van der Waals surface area contributed by atoms with Crippen molar-refractivity contribution >= 4 is 16.8 Å². The largest absolute Gasteiger partial charge is 0.488 e. The third kappa shape index (κ3) is 3.84. The second-order valence-corrected chi connectivity index (χ2v) is 7.81. The number of ether oxygens (including phenoxy) is 1. The minimum absolute atomic E-state index is 0.112. The van der Waals surface area contributed by atoms with Crippen molar-refractivity contribution in [3.63, 3.8) is 0 Å². The number of amides is 1. The van der Waals surface area contributed by atoms with Gasteiger partial charge in [-0.25, -0.2) is 9.97 Å². The minimum atomic E-state index is -0.198. The Labute approximate surface area is 180 Å². The molecule has 0 spiro atoms. The van der Waals surface area contributed by atoms with E-state index in [1.165, 1.54) is 0 Å². The van der Waals surface area contributed by atoms with E-state index in [4.69, 9.17) is 4.74 Å². The Balaban J connectivity index is 1.26. The minimum Gasteiger partial charge on any atom is -0.488 e. The first-order valence-corrected chi connectivity index (χ1v) is 10.3. The van der Waals surface area contributed by atoms with Crippen LogP contribution in [0.2, 0.25) is 0 Å². The van der Waals surface area contributed by atoms with Gasteiger partial charge in [-0.1, -0.05) is 24.3 Å². The third-order valence-electron chi connectivity index (χ3n) is 5.47.